The van der Waals surface area contributed by atoms with E-state index in [9.17, 15) is 33.7 Å². The predicted molar refractivity (Wildman–Crippen MR) is 108 cm³/mol. The number of anilines is 1. The van der Waals surface area contributed by atoms with Crippen LogP contribution in [0.3, 0.4) is 0 Å². The monoisotopic (exact) mass is 565 g/mol. The fourth-order valence-corrected chi connectivity index (χ4v) is 6.09. The molecule has 0 aromatic carbocycles. The maximum absolute atomic E-state index is 11.9. The van der Waals surface area contributed by atoms with Gasteiger partial charge in [-0.25, -0.2) is 18.7 Å². The van der Waals surface area contributed by atoms with E-state index in [-0.39, 0.29) is 22.3 Å². The van der Waals surface area contributed by atoms with Crippen molar-refractivity contribution in [2.45, 2.75) is 24.0 Å². The second-order valence-electron chi connectivity index (χ2n) is 6.53. The van der Waals surface area contributed by atoms with Crippen LogP contribution in [0.5, 0.6) is 0 Å². The Kier molecular flexibility index (Phi) is 7.31. The van der Waals surface area contributed by atoms with Crippen LogP contribution in [-0.2, 0) is 31.6 Å². The van der Waals surface area contributed by atoms with Gasteiger partial charge in [0.15, 0.2) is 23.3 Å². The summed E-state index contributed by atoms with van der Waals surface area (Å²) in [7, 11) is -16.9. The van der Waals surface area contributed by atoms with E-state index >= 15 is 0 Å². The maximum atomic E-state index is 11.9. The molecule has 22 heteroatoms. The molecule has 18 nitrogen and oxygen atoms in total. The summed E-state index contributed by atoms with van der Waals surface area (Å²) in [6, 6.07) is 0. The van der Waals surface area contributed by atoms with Crippen LogP contribution in [0.1, 0.15) is 6.23 Å². The third-order valence-corrected chi connectivity index (χ3v) is 8.18. The first kappa shape index (κ1) is 27.1. The molecule has 0 saturated carbocycles. The molecule has 8 N–H and O–H groups in total. The fraction of sp³-hybridized carbons (Fsp3) is 0.417. The number of aliphatic hydroxyl groups is 2. The average Bonchev–Trinajstić information content (AvgIpc) is 3.17. The normalized spacial score (nSPS) is 28.9. The molecule has 3 rings (SSSR count). The van der Waals surface area contributed by atoms with Gasteiger partial charge in [-0.3, -0.25) is 9.09 Å². The number of hydrogen-bond acceptors (Lipinski definition) is 13. The molecular formula is C12H15ClN5O13P3. The standard InChI is InChI=1S/C12H15ClN5O13P3/c1-2-12(20)7(19)5(3-28-33(24,25)31-34(26,27)30-32(21,22)23)29-10(12)18-4-15-6-8(14)16-11(13)17-9(6)18/h1,4-5,7,10,19-20H,3H2,(H,24,25)(H,26,27)(H2,14,16,17)(H2,21,22,23)/t5-,7-,10-,12-/m1/s1. The summed E-state index contributed by atoms with van der Waals surface area (Å²) in [6.07, 6.45) is 1.16. The highest BCUT2D eigenvalue weighted by atomic mass is 35.5. The zero-order chi connectivity index (χ0) is 25.7. The Bertz CT molecular complexity index is 1290. The van der Waals surface area contributed by atoms with Gasteiger partial charge in [-0.2, -0.15) is 18.6 Å². The topological polar surface area (TPSA) is 279 Å². The number of terminal acetylenes is 1. The minimum atomic E-state index is -5.77. The van der Waals surface area contributed by atoms with Gasteiger partial charge >= 0.3 is 23.5 Å². The predicted octanol–water partition coefficient (Wildman–Crippen LogP) is -0.972. The molecule has 1 aliphatic rings. The number of rotatable bonds is 8. The van der Waals surface area contributed by atoms with E-state index in [0.29, 0.717) is 0 Å². The van der Waals surface area contributed by atoms with E-state index < -0.39 is 54.1 Å². The third-order valence-electron chi connectivity index (χ3n) is 4.21. The van der Waals surface area contributed by atoms with Gasteiger partial charge in [-0.15, -0.1) is 6.42 Å². The van der Waals surface area contributed by atoms with E-state index in [2.05, 4.69) is 28.1 Å². The van der Waals surface area contributed by atoms with Crippen LogP contribution in [0.2, 0.25) is 5.28 Å². The minimum Gasteiger partial charge on any atom is -0.386 e. The van der Waals surface area contributed by atoms with E-state index in [1.807, 2.05) is 5.92 Å². The number of phosphoric ester groups is 1. The summed E-state index contributed by atoms with van der Waals surface area (Å²) < 4.78 is 52.1. The second-order valence-corrected chi connectivity index (χ2v) is 11.3. The molecule has 2 aromatic heterocycles. The second kappa shape index (κ2) is 9.17. The lowest BCUT2D eigenvalue weighted by Gasteiger charge is -2.26. The minimum absolute atomic E-state index is 0.0403. The summed E-state index contributed by atoms with van der Waals surface area (Å²) in [4.78, 5) is 47.4. The fourth-order valence-electron chi connectivity index (χ4n) is 2.89. The van der Waals surface area contributed by atoms with Crippen molar-refractivity contribution in [1.82, 2.24) is 19.5 Å². The number of aliphatic hydroxyl groups excluding tert-OH is 1. The Hall–Kier alpha value is -1.51. The summed E-state index contributed by atoms with van der Waals surface area (Å²) in [5, 5.41) is 21.0. The molecular weight excluding hydrogens is 551 g/mol. The van der Waals surface area contributed by atoms with Crippen molar-refractivity contribution < 1.29 is 61.4 Å². The number of nitrogens with two attached hydrogens (primary N) is 1. The molecule has 3 heterocycles. The van der Waals surface area contributed by atoms with Crippen LogP contribution in [0.15, 0.2) is 6.33 Å². The molecule has 188 valence electrons. The van der Waals surface area contributed by atoms with Crippen LogP contribution in [0.25, 0.3) is 11.2 Å². The molecule has 0 spiro atoms. The van der Waals surface area contributed by atoms with Crippen LogP contribution in [0.4, 0.5) is 5.82 Å². The lowest BCUT2D eigenvalue weighted by atomic mass is 9.95. The third kappa shape index (κ3) is 5.65. The lowest BCUT2D eigenvalue weighted by Crippen LogP contribution is -2.45. The molecule has 0 amide bonds. The Morgan fingerprint density at radius 1 is 1.24 bits per heavy atom. The van der Waals surface area contributed by atoms with Crippen molar-refractivity contribution in [2.24, 2.45) is 0 Å². The van der Waals surface area contributed by atoms with Crippen LogP contribution in [0, 0.1) is 12.3 Å². The summed E-state index contributed by atoms with van der Waals surface area (Å²) >= 11 is 5.78. The van der Waals surface area contributed by atoms with E-state index in [1.54, 1.807) is 0 Å². The Morgan fingerprint density at radius 3 is 2.47 bits per heavy atom. The maximum Gasteiger partial charge on any atom is 0.490 e. The highest BCUT2D eigenvalue weighted by molar-refractivity contribution is 7.66. The number of fused-ring (bicyclic) bond motifs is 1. The zero-order valence-electron chi connectivity index (χ0n) is 16.2. The van der Waals surface area contributed by atoms with Gasteiger partial charge in [-0.1, -0.05) is 5.92 Å². The van der Waals surface area contributed by atoms with E-state index in [4.69, 9.17) is 38.3 Å². The first-order valence-electron chi connectivity index (χ1n) is 8.45. The highest BCUT2D eigenvalue weighted by Gasteiger charge is 2.56. The van der Waals surface area contributed by atoms with Gasteiger partial charge in [0.2, 0.25) is 5.28 Å². The van der Waals surface area contributed by atoms with Crippen molar-refractivity contribution >= 4 is 52.1 Å². The largest absolute Gasteiger partial charge is 0.490 e. The molecule has 0 radical (unpaired) electrons. The van der Waals surface area contributed by atoms with Gasteiger partial charge in [0.1, 0.15) is 17.7 Å². The Balaban J connectivity index is 1.82. The Labute approximate surface area is 193 Å². The van der Waals surface area contributed by atoms with Gasteiger partial charge < -0.3 is 40.3 Å². The van der Waals surface area contributed by atoms with Crippen LogP contribution in [-0.4, -0.2) is 73.7 Å². The van der Waals surface area contributed by atoms with Gasteiger partial charge in [0.25, 0.3) is 0 Å². The zero-order valence-corrected chi connectivity index (χ0v) is 19.7. The molecule has 1 aliphatic heterocycles. The molecule has 2 unspecified atom stereocenters. The molecule has 0 aliphatic carbocycles. The number of phosphoric acid groups is 3. The highest BCUT2D eigenvalue weighted by Crippen LogP contribution is 2.66. The van der Waals surface area contributed by atoms with Gasteiger partial charge in [0, 0.05) is 0 Å². The van der Waals surface area contributed by atoms with Crippen LogP contribution >= 0.6 is 35.1 Å². The summed E-state index contributed by atoms with van der Waals surface area (Å²) in [5.41, 5.74) is 3.19. The number of nitrogen functional groups attached to an aromatic ring is 1. The van der Waals surface area contributed by atoms with Crippen LogP contribution < -0.4 is 5.73 Å². The average molecular weight is 566 g/mol. The summed E-state index contributed by atoms with van der Waals surface area (Å²) in [5.74, 6) is 1.80. The molecule has 1 fully saturated rings. The van der Waals surface area contributed by atoms with Crippen molar-refractivity contribution in [1.29, 1.82) is 0 Å². The number of hydrogen-bond donors (Lipinski definition) is 7. The lowest BCUT2D eigenvalue weighted by molar-refractivity contribution is -0.0717. The first-order chi connectivity index (χ1) is 15.5. The van der Waals surface area contributed by atoms with Crippen molar-refractivity contribution in [3.8, 4) is 12.3 Å². The van der Waals surface area contributed by atoms with Gasteiger partial charge in [0.05, 0.1) is 12.9 Å². The van der Waals surface area contributed by atoms with E-state index in [0.717, 1.165) is 10.9 Å². The van der Waals surface area contributed by atoms with Crippen molar-refractivity contribution in [3.05, 3.63) is 11.6 Å². The van der Waals surface area contributed by atoms with E-state index in [1.165, 1.54) is 0 Å². The summed E-state index contributed by atoms with van der Waals surface area (Å²) in [6.45, 7) is -1.09. The number of nitrogens with zero attached hydrogens (tertiary/aromatic N) is 4. The molecule has 6 atom stereocenters. The quantitative estimate of drug-likeness (QED) is 0.115. The SMILES string of the molecule is C#C[C@@]1(O)[C@H](O)[C@@H](COP(=O)(O)OP(=O)(O)OP(=O)(O)O)O[C@H]1n1cnc2c(N)nc(Cl)nc21. The number of aromatic nitrogens is 4. The molecule has 2 aromatic rings. The number of ether oxygens (including phenoxy) is 1. The Morgan fingerprint density at radius 2 is 1.88 bits per heavy atom. The molecule has 0 bridgehead atoms. The first-order valence-corrected chi connectivity index (χ1v) is 13.4. The number of halogens is 1. The molecule has 1 saturated heterocycles. The van der Waals surface area contributed by atoms with Crippen molar-refractivity contribution in [3.63, 3.8) is 0 Å². The van der Waals surface area contributed by atoms with Crippen molar-refractivity contribution in [2.75, 3.05) is 12.3 Å². The number of imidazole rings is 1. The smallest absolute Gasteiger partial charge is 0.386 e. The van der Waals surface area contributed by atoms with Gasteiger partial charge in [-0.05, 0) is 11.6 Å². The molecule has 34 heavy (non-hydrogen) atoms.